The zero-order valence-corrected chi connectivity index (χ0v) is 16.4. The van der Waals surface area contributed by atoms with Gasteiger partial charge in [-0.25, -0.2) is 9.48 Å². The van der Waals surface area contributed by atoms with E-state index in [4.69, 9.17) is 9.47 Å². The molecule has 0 aromatic heterocycles. The summed E-state index contributed by atoms with van der Waals surface area (Å²) in [7, 11) is 0. The quantitative estimate of drug-likeness (QED) is 0.812. The van der Waals surface area contributed by atoms with Gasteiger partial charge in [0.25, 0.3) is 11.6 Å². The second-order valence-corrected chi connectivity index (χ2v) is 7.98. The zero-order chi connectivity index (χ0) is 19.1. The Hall–Kier alpha value is -2.53. The molecule has 28 heavy (non-hydrogen) atoms. The van der Waals surface area contributed by atoms with E-state index in [-0.39, 0.29) is 0 Å². The number of fused-ring (bicyclic) bond motifs is 1. The third-order valence-electron chi connectivity index (χ3n) is 6.05. The first-order valence-corrected chi connectivity index (χ1v) is 10.3. The van der Waals surface area contributed by atoms with Crippen LogP contribution in [0.2, 0.25) is 0 Å². The fraction of sp³-hybridized carbons (Fsp3) is 0.435. The minimum absolute atomic E-state index is 0.519. The van der Waals surface area contributed by atoms with Gasteiger partial charge in [-0.15, -0.1) is 0 Å². The van der Waals surface area contributed by atoms with E-state index in [0.717, 1.165) is 48.6 Å². The molecule has 3 aliphatic rings. The van der Waals surface area contributed by atoms with Gasteiger partial charge in [-0.05, 0) is 62.1 Å². The number of benzene rings is 2. The summed E-state index contributed by atoms with van der Waals surface area (Å²) in [4.78, 5) is 2.30. The van der Waals surface area contributed by atoms with Crippen LogP contribution in [0.1, 0.15) is 36.8 Å². The SMILES string of the molecule is Cc1cccc(N2CC(O)(c3ccc4c(c3)OCCO4)[N+]3=C2CCCCC3)c1. The first-order chi connectivity index (χ1) is 13.6. The van der Waals surface area contributed by atoms with Gasteiger partial charge >= 0.3 is 0 Å². The summed E-state index contributed by atoms with van der Waals surface area (Å²) < 4.78 is 13.7. The fourth-order valence-corrected chi connectivity index (χ4v) is 4.65. The van der Waals surface area contributed by atoms with Gasteiger partial charge in [0.2, 0.25) is 0 Å². The molecule has 0 aliphatic carbocycles. The Balaban J connectivity index is 1.60. The minimum Gasteiger partial charge on any atom is -0.486 e. The van der Waals surface area contributed by atoms with E-state index in [9.17, 15) is 5.11 Å². The summed E-state index contributed by atoms with van der Waals surface area (Å²) in [6.07, 6.45) is 4.43. The second-order valence-electron chi connectivity index (χ2n) is 7.98. The molecule has 3 heterocycles. The maximum absolute atomic E-state index is 12.0. The number of anilines is 1. The lowest BCUT2D eigenvalue weighted by Crippen LogP contribution is -2.41. The molecule has 5 rings (SSSR count). The van der Waals surface area contributed by atoms with E-state index >= 15 is 0 Å². The third-order valence-corrected chi connectivity index (χ3v) is 6.05. The van der Waals surface area contributed by atoms with Crippen molar-refractivity contribution in [3.8, 4) is 11.5 Å². The molecule has 146 valence electrons. The van der Waals surface area contributed by atoms with Crippen LogP contribution in [0.3, 0.4) is 0 Å². The molecule has 0 amide bonds. The van der Waals surface area contributed by atoms with Crippen molar-refractivity contribution < 1.29 is 19.2 Å². The van der Waals surface area contributed by atoms with Crippen molar-refractivity contribution in [1.82, 2.24) is 0 Å². The van der Waals surface area contributed by atoms with E-state index in [1.807, 2.05) is 18.2 Å². The lowest BCUT2D eigenvalue weighted by atomic mass is 10.0. The highest BCUT2D eigenvalue weighted by molar-refractivity contribution is 5.96. The van der Waals surface area contributed by atoms with Gasteiger partial charge in [-0.3, -0.25) is 0 Å². The molecule has 0 spiro atoms. The summed E-state index contributed by atoms with van der Waals surface area (Å²) in [5, 5.41) is 12.0. The standard InChI is InChI=1S/C23H27N2O3/c1-17-6-5-7-19(14-17)24-16-23(26,25-11-4-2-3-8-22(24)25)18-9-10-20-21(15-18)28-13-12-27-20/h5-7,9-10,14-15,26H,2-4,8,11-13,16H2,1H3/q+1. The molecular weight excluding hydrogens is 352 g/mol. The molecule has 0 saturated carbocycles. The van der Waals surface area contributed by atoms with Crippen LogP contribution in [0, 0.1) is 6.92 Å². The number of ether oxygens (including phenoxy) is 2. The van der Waals surface area contributed by atoms with E-state index in [1.165, 1.54) is 17.8 Å². The highest BCUT2D eigenvalue weighted by Crippen LogP contribution is 2.39. The van der Waals surface area contributed by atoms with E-state index in [0.29, 0.717) is 19.8 Å². The Morgan fingerprint density at radius 3 is 2.71 bits per heavy atom. The van der Waals surface area contributed by atoms with E-state index in [1.54, 1.807) is 0 Å². The molecule has 0 saturated heterocycles. The first kappa shape index (κ1) is 17.6. The number of amidine groups is 1. The molecule has 5 heteroatoms. The molecular formula is C23H27N2O3+. The van der Waals surface area contributed by atoms with Gasteiger partial charge in [-0.2, -0.15) is 0 Å². The summed E-state index contributed by atoms with van der Waals surface area (Å²) in [6.45, 7) is 4.61. The highest BCUT2D eigenvalue weighted by Gasteiger charge is 2.52. The van der Waals surface area contributed by atoms with Gasteiger partial charge in [0.1, 0.15) is 18.9 Å². The van der Waals surface area contributed by atoms with Gasteiger partial charge < -0.3 is 14.6 Å². The van der Waals surface area contributed by atoms with E-state index < -0.39 is 5.72 Å². The van der Waals surface area contributed by atoms with Crippen LogP contribution in [0.5, 0.6) is 11.5 Å². The van der Waals surface area contributed by atoms with Gasteiger partial charge in [0.15, 0.2) is 18.0 Å². The normalized spacial score (nSPS) is 24.1. The van der Waals surface area contributed by atoms with Crippen LogP contribution >= 0.6 is 0 Å². The average molecular weight is 379 g/mol. The minimum atomic E-state index is -1.07. The predicted molar refractivity (Wildman–Crippen MR) is 108 cm³/mol. The highest BCUT2D eigenvalue weighted by atomic mass is 16.6. The summed E-state index contributed by atoms with van der Waals surface area (Å²) >= 11 is 0. The maximum atomic E-state index is 12.0. The van der Waals surface area contributed by atoms with Crippen molar-refractivity contribution in [2.24, 2.45) is 0 Å². The van der Waals surface area contributed by atoms with Crippen molar-refractivity contribution in [2.75, 3.05) is 31.2 Å². The Kier molecular flexibility index (Phi) is 4.27. The van der Waals surface area contributed by atoms with Crippen LogP contribution < -0.4 is 14.4 Å². The fourth-order valence-electron chi connectivity index (χ4n) is 4.65. The summed E-state index contributed by atoms with van der Waals surface area (Å²) in [5.74, 6) is 2.70. The van der Waals surface area contributed by atoms with Gasteiger partial charge in [0.05, 0.1) is 6.54 Å². The van der Waals surface area contributed by atoms with Crippen LogP contribution in [-0.2, 0) is 5.72 Å². The number of hydrogen-bond acceptors (Lipinski definition) is 4. The molecule has 0 bridgehead atoms. The largest absolute Gasteiger partial charge is 0.486 e. The monoisotopic (exact) mass is 379 g/mol. The molecule has 0 radical (unpaired) electrons. The van der Waals surface area contributed by atoms with Crippen LogP contribution in [0.15, 0.2) is 42.5 Å². The predicted octanol–water partition coefficient (Wildman–Crippen LogP) is 3.42. The molecule has 3 aliphatic heterocycles. The average Bonchev–Trinajstić information content (AvgIpc) is 2.86. The van der Waals surface area contributed by atoms with Crippen molar-refractivity contribution in [3.63, 3.8) is 0 Å². The summed E-state index contributed by atoms with van der Waals surface area (Å²) in [6, 6.07) is 14.4. The van der Waals surface area contributed by atoms with Gasteiger partial charge in [-0.1, -0.05) is 12.1 Å². The lowest BCUT2D eigenvalue weighted by Gasteiger charge is -2.26. The Morgan fingerprint density at radius 2 is 1.86 bits per heavy atom. The topological polar surface area (TPSA) is 44.9 Å². The molecule has 1 N–H and O–H groups in total. The van der Waals surface area contributed by atoms with Crippen LogP contribution in [-0.4, -0.2) is 41.8 Å². The number of aryl methyl sites for hydroxylation is 1. The molecule has 2 aromatic carbocycles. The van der Waals surface area contributed by atoms with Crippen molar-refractivity contribution >= 4 is 11.5 Å². The Bertz CT molecular complexity index is 939. The Morgan fingerprint density at radius 1 is 1.00 bits per heavy atom. The third kappa shape index (κ3) is 2.85. The maximum Gasteiger partial charge on any atom is 0.271 e. The number of nitrogens with zero attached hydrogens (tertiary/aromatic N) is 2. The molecule has 0 fully saturated rings. The van der Waals surface area contributed by atoms with Gasteiger partial charge in [0, 0.05) is 12.0 Å². The first-order valence-electron chi connectivity index (χ1n) is 10.3. The number of β-amino-alcohol motifs (C(OH)–C–C–N with tert-alkyl or cyclic N) is 1. The number of aliphatic hydroxyl groups is 1. The lowest BCUT2D eigenvalue weighted by molar-refractivity contribution is -0.658. The molecule has 5 nitrogen and oxygen atoms in total. The number of hydrogen-bond donors (Lipinski definition) is 1. The molecule has 1 unspecified atom stereocenters. The zero-order valence-electron chi connectivity index (χ0n) is 16.4. The second kappa shape index (κ2) is 6.82. The van der Waals surface area contributed by atoms with Crippen LogP contribution in [0.4, 0.5) is 5.69 Å². The van der Waals surface area contributed by atoms with Crippen molar-refractivity contribution in [3.05, 3.63) is 53.6 Å². The van der Waals surface area contributed by atoms with E-state index in [2.05, 4.69) is 40.7 Å². The number of rotatable bonds is 2. The molecule has 2 aromatic rings. The smallest absolute Gasteiger partial charge is 0.271 e. The summed E-state index contributed by atoms with van der Waals surface area (Å²) in [5.41, 5.74) is 2.17. The van der Waals surface area contributed by atoms with Crippen molar-refractivity contribution in [1.29, 1.82) is 0 Å². The van der Waals surface area contributed by atoms with Crippen molar-refractivity contribution in [2.45, 2.75) is 38.3 Å². The van der Waals surface area contributed by atoms with Crippen LogP contribution in [0.25, 0.3) is 0 Å². The Labute approximate surface area is 165 Å². The molecule has 1 atom stereocenters.